The summed E-state index contributed by atoms with van der Waals surface area (Å²) < 4.78 is 11.8. The number of H-pyrrole nitrogens is 2. The van der Waals surface area contributed by atoms with Gasteiger partial charge >= 0.3 is 5.69 Å². The second-order valence-corrected chi connectivity index (χ2v) is 4.15. The SMILES string of the molecule is COc1cc(OC)c(-n2c(=O)[nH][nH]c2=S)cc1Cl. The van der Waals surface area contributed by atoms with E-state index in [0.717, 1.165) is 0 Å². The van der Waals surface area contributed by atoms with Gasteiger partial charge in [-0.2, -0.15) is 0 Å². The van der Waals surface area contributed by atoms with Crippen molar-refractivity contribution in [2.24, 2.45) is 0 Å². The molecule has 0 atom stereocenters. The summed E-state index contributed by atoms with van der Waals surface area (Å²) >= 11 is 11.0. The zero-order chi connectivity index (χ0) is 13.3. The van der Waals surface area contributed by atoms with Gasteiger partial charge in [-0.3, -0.25) is 5.10 Å². The molecule has 6 nitrogen and oxygen atoms in total. The van der Waals surface area contributed by atoms with Gasteiger partial charge in [-0.05, 0) is 18.3 Å². The summed E-state index contributed by atoms with van der Waals surface area (Å²) in [6.45, 7) is 0. The number of halogens is 1. The number of hydrogen-bond donors (Lipinski definition) is 2. The molecule has 0 bridgehead atoms. The number of rotatable bonds is 3. The molecule has 2 aromatic rings. The minimum Gasteiger partial charge on any atom is -0.495 e. The van der Waals surface area contributed by atoms with Gasteiger partial charge < -0.3 is 9.47 Å². The monoisotopic (exact) mass is 287 g/mol. The molecular formula is C10H10ClN3O3S. The fraction of sp³-hybridized carbons (Fsp3) is 0.200. The third-order valence-electron chi connectivity index (χ3n) is 2.38. The van der Waals surface area contributed by atoms with Crippen molar-refractivity contribution in [3.05, 3.63) is 32.4 Å². The van der Waals surface area contributed by atoms with Gasteiger partial charge in [0.15, 0.2) is 0 Å². The van der Waals surface area contributed by atoms with E-state index in [1.165, 1.54) is 18.8 Å². The van der Waals surface area contributed by atoms with E-state index >= 15 is 0 Å². The zero-order valence-electron chi connectivity index (χ0n) is 9.61. The van der Waals surface area contributed by atoms with E-state index in [9.17, 15) is 4.79 Å². The summed E-state index contributed by atoms with van der Waals surface area (Å²) in [7, 11) is 2.98. The minimum atomic E-state index is -0.403. The first kappa shape index (κ1) is 12.7. The van der Waals surface area contributed by atoms with Crippen molar-refractivity contribution < 1.29 is 9.47 Å². The van der Waals surface area contributed by atoms with Crippen molar-refractivity contribution in [3.8, 4) is 17.2 Å². The minimum absolute atomic E-state index is 0.222. The molecule has 1 aromatic carbocycles. The second kappa shape index (κ2) is 4.87. The molecular weight excluding hydrogens is 278 g/mol. The van der Waals surface area contributed by atoms with Crippen LogP contribution in [-0.4, -0.2) is 29.0 Å². The molecule has 18 heavy (non-hydrogen) atoms. The van der Waals surface area contributed by atoms with Crippen molar-refractivity contribution in [2.75, 3.05) is 14.2 Å². The van der Waals surface area contributed by atoms with Crippen LogP contribution in [0.4, 0.5) is 0 Å². The van der Waals surface area contributed by atoms with Crippen LogP contribution in [0.25, 0.3) is 5.69 Å². The van der Waals surface area contributed by atoms with Crippen LogP contribution in [-0.2, 0) is 0 Å². The maximum absolute atomic E-state index is 11.7. The third kappa shape index (κ3) is 2.02. The number of ether oxygens (including phenoxy) is 2. The predicted octanol–water partition coefficient (Wildman–Crippen LogP) is 1.89. The van der Waals surface area contributed by atoms with Gasteiger partial charge in [0.05, 0.1) is 24.9 Å². The molecule has 0 saturated carbocycles. The number of methoxy groups -OCH3 is 2. The number of benzene rings is 1. The van der Waals surface area contributed by atoms with Crippen LogP contribution in [0, 0.1) is 4.77 Å². The van der Waals surface area contributed by atoms with Crippen molar-refractivity contribution in [1.29, 1.82) is 0 Å². The number of nitrogens with one attached hydrogen (secondary N) is 2. The summed E-state index contributed by atoms with van der Waals surface area (Å²) in [6.07, 6.45) is 0. The third-order valence-corrected chi connectivity index (χ3v) is 2.96. The highest BCUT2D eigenvalue weighted by molar-refractivity contribution is 7.71. The van der Waals surface area contributed by atoms with Crippen molar-refractivity contribution in [1.82, 2.24) is 14.8 Å². The Morgan fingerprint density at radius 3 is 2.39 bits per heavy atom. The van der Waals surface area contributed by atoms with E-state index in [4.69, 9.17) is 33.3 Å². The summed E-state index contributed by atoms with van der Waals surface area (Å²) in [5, 5.41) is 5.29. The summed E-state index contributed by atoms with van der Waals surface area (Å²) in [5.74, 6) is 0.883. The Hall–Kier alpha value is -1.73. The van der Waals surface area contributed by atoms with Gasteiger partial charge in [0, 0.05) is 6.07 Å². The molecule has 0 radical (unpaired) electrons. The van der Waals surface area contributed by atoms with Crippen LogP contribution in [0.3, 0.4) is 0 Å². The van der Waals surface area contributed by atoms with Crippen molar-refractivity contribution in [3.63, 3.8) is 0 Å². The molecule has 1 heterocycles. The lowest BCUT2D eigenvalue weighted by Crippen LogP contribution is -2.15. The molecule has 0 amide bonds. The van der Waals surface area contributed by atoms with Gasteiger partial charge in [0.2, 0.25) is 4.77 Å². The molecule has 0 spiro atoms. The van der Waals surface area contributed by atoms with Gasteiger partial charge in [-0.25, -0.2) is 14.5 Å². The smallest absolute Gasteiger partial charge is 0.347 e. The lowest BCUT2D eigenvalue weighted by atomic mass is 10.2. The summed E-state index contributed by atoms with van der Waals surface area (Å²) in [5.41, 5.74) is 0.0373. The number of hydrogen-bond acceptors (Lipinski definition) is 4. The highest BCUT2D eigenvalue weighted by atomic mass is 35.5. The molecule has 8 heteroatoms. The first-order valence-electron chi connectivity index (χ1n) is 4.90. The van der Waals surface area contributed by atoms with Crippen molar-refractivity contribution in [2.45, 2.75) is 0 Å². The quantitative estimate of drug-likeness (QED) is 0.846. The largest absolute Gasteiger partial charge is 0.495 e. The zero-order valence-corrected chi connectivity index (χ0v) is 11.2. The summed E-state index contributed by atoms with van der Waals surface area (Å²) in [4.78, 5) is 11.7. The fourth-order valence-electron chi connectivity index (χ4n) is 1.55. The molecule has 96 valence electrons. The van der Waals surface area contributed by atoms with Crippen LogP contribution in [0.5, 0.6) is 11.5 Å². The van der Waals surface area contributed by atoms with Gasteiger partial charge in [-0.15, -0.1) is 0 Å². The van der Waals surface area contributed by atoms with Gasteiger partial charge in [-0.1, -0.05) is 11.6 Å². The van der Waals surface area contributed by atoms with Crippen LogP contribution in [0.2, 0.25) is 5.02 Å². The Morgan fingerprint density at radius 1 is 1.22 bits per heavy atom. The van der Waals surface area contributed by atoms with E-state index in [-0.39, 0.29) is 4.77 Å². The molecule has 0 aliphatic carbocycles. The Bertz CT molecular complexity index is 661. The molecule has 0 fully saturated rings. The molecule has 2 N–H and O–H groups in total. The Morgan fingerprint density at radius 2 is 1.89 bits per heavy atom. The molecule has 1 aromatic heterocycles. The molecule has 2 rings (SSSR count). The normalized spacial score (nSPS) is 10.4. The van der Waals surface area contributed by atoms with Gasteiger partial charge in [0.25, 0.3) is 0 Å². The molecule has 0 saturated heterocycles. The van der Waals surface area contributed by atoms with Crippen LogP contribution in [0.15, 0.2) is 16.9 Å². The standard InChI is InChI=1S/C10H10ClN3O3S/c1-16-7-4-8(17-2)6(3-5(7)11)14-9(15)12-13-10(14)18/h3-4H,1-2H3,(H,12,15)(H,13,18). The van der Waals surface area contributed by atoms with E-state index < -0.39 is 5.69 Å². The predicted molar refractivity (Wildman–Crippen MR) is 69.7 cm³/mol. The second-order valence-electron chi connectivity index (χ2n) is 3.35. The summed E-state index contributed by atoms with van der Waals surface area (Å²) in [6, 6.07) is 3.14. The molecule has 0 aliphatic heterocycles. The first-order chi connectivity index (χ1) is 8.58. The van der Waals surface area contributed by atoms with E-state index in [0.29, 0.717) is 22.2 Å². The lowest BCUT2D eigenvalue weighted by molar-refractivity contribution is 0.393. The Labute approximate surface area is 112 Å². The fourth-order valence-corrected chi connectivity index (χ4v) is 2.02. The van der Waals surface area contributed by atoms with E-state index in [2.05, 4.69) is 10.2 Å². The van der Waals surface area contributed by atoms with Crippen molar-refractivity contribution >= 4 is 23.8 Å². The lowest BCUT2D eigenvalue weighted by Gasteiger charge is -2.11. The number of aromatic amines is 2. The molecule has 0 aliphatic rings. The van der Waals surface area contributed by atoms with Crippen LogP contribution in [0.1, 0.15) is 0 Å². The van der Waals surface area contributed by atoms with Gasteiger partial charge in [0.1, 0.15) is 11.5 Å². The Kier molecular flexibility index (Phi) is 3.44. The topological polar surface area (TPSA) is 72.0 Å². The first-order valence-corrected chi connectivity index (χ1v) is 5.68. The number of nitrogens with zero attached hydrogens (tertiary/aromatic N) is 1. The maximum Gasteiger partial charge on any atom is 0.347 e. The maximum atomic E-state index is 11.7. The van der Waals surface area contributed by atoms with Crippen LogP contribution < -0.4 is 15.2 Å². The van der Waals surface area contributed by atoms with E-state index in [1.54, 1.807) is 12.1 Å². The average Bonchev–Trinajstić information content (AvgIpc) is 2.68. The van der Waals surface area contributed by atoms with Crippen LogP contribution >= 0.6 is 23.8 Å². The van der Waals surface area contributed by atoms with E-state index in [1.807, 2.05) is 0 Å². The molecule has 0 unspecified atom stereocenters. The average molecular weight is 288 g/mol. The Balaban J connectivity index is 2.76. The number of aromatic nitrogens is 3. The highest BCUT2D eigenvalue weighted by Gasteiger charge is 2.14. The highest BCUT2D eigenvalue weighted by Crippen LogP contribution is 2.34.